The van der Waals surface area contributed by atoms with Crippen molar-refractivity contribution < 1.29 is 9.53 Å². The first-order chi connectivity index (χ1) is 6.16. The number of likely N-dealkylation sites (N-methyl/N-ethyl adjacent to an activating group) is 1. The van der Waals surface area contributed by atoms with Crippen LogP contribution in [0.3, 0.4) is 0 Å². The van der Waals surface area contributed by atoms with Crippen LogP contribution in [0.25, 0.3) is 0 Å². The third kappa shape index (κ3) is 9.26. The van der Waals surface area contributed by atoms with E-state index in [1.54, 1.807) is 0 Å². The second-order valence-electron chi connectivity index (χ2n) is 2.99. The Kier molecular flexibility index (Phi) is 7.57. The topological polar surface area (TPSA) is 67.6 Å². The van der Waals surface area contributed by atoms with Gasteiger partial charge >= 0.3 is 0 Å². The Bertz CT molecular complexity index is 139. The van der Waals surface area contributed by atoms with Gasteiger partial charge in [-0.1, -0.05) is 0 Å². The van der Waals surface area contributed by atoms with Crippen LogP contribution in [0.15, 0.2) is 0 Å². The molecule has 0 aliphatic carbocycles. The van der Waals surface area contributed by atoms with Crippen LogP contribution in [0.2, 0.25) is 0 Å². The molecule has 78 valence electrons. The van der Waals surface area contributed by atoms with E-state index in [2.05, 4.69) is 5.32 Å². The average Bonchev–Trinajstić information content (AvgIpc) is 2.02. The second-order valence-corrected chi connectivity index (χ2v) is 2.99. The molecule has 0 fully saturated rings. The van der Waals surface area contributed by atoms with E-state index in [-0.39, 0.29) is 5.91 Å². The van der Waals surface area contributed by atoms with Crippen molar-refractivity contribution in [3.05, 3.63) is 0 Å². The molecule has 3 N–H and O–H groups in total. The van der Waals surface area contributed by atoms with Crippen LogP contribution in [0.5, 0.6) is 0 Å². The number of nitrogens with one attached hydrogen (secondary N) is 1. The summed E-state index contributed by atoms with van der Waals surface area (Å²) in [6, 6.07) is 0. The van der Waals surface area contributed by atoms with E-state index < -0.39 is 0 Å². The Hall–Kier alpha value is -0.650. The molecule has 13 heavy (non-hydrogen) atoms. The van der Waals surface area contributed by atoms with Crippen molar-refractivity contribution in [3.8, 4) is 0 Å². The fraction of sp³-hybridized carbons (Fsp3) is 0.875. The first-order valence-electron chi connectivity index (χ1n) is 4.36. The summed E-state index contributed by atoms with van der Waals surface area (Å²) in [5, 5.41) is 2.73. The molecule has 0 heterocycles. The quantitative estimate of drug-likeness (QED) is 0.485. The highest BCUT2D eigenvalue weighted by molar-refractivity contribution is 5.77. The normalized spacial score (nSPS) is 10.5. The van der Waals surface area contributed by atoms with Gasteiger partial charge in [-0.25, -0.2) is 0 Å². The van der Waals surface area contributed by atoms with Crippen LogP contribution >= 0.6 is 0 Å². The van der Waals surface area contributed by atoms with E-state index >= 15 is 0 Å². The molecule has 5 nitrogen and oxygen atoms in total. The van der Waals surface area contributed by atoms with Crippen LogP contribution in [0.1, 0.15) is 0 Å². The van der Waals surface area contributed by atoms with E-state index in [9.17, 15) is 4.79 Å². The number of hydrogen-bond acceptors (Lipinski definition) is 4. The third-order valence-corrected chi connectivity index (χ3v) is 1.29. The molecule has 0 radical (unpaired) electrons. The lowest BCUT2D eigenvalue weighted by Crippen LogP contribution is -2.35. The van der Waals surface area contributed by atoms with Crippen molar-refractivity contribution >= 4 is 5.91 Å². The van der Waals surface area contributed by atoms with Crippen molar-refractivity contribution in [1.29, 1.82) is 0 Å². The summed E-state index contributed by atoms with van der Waals surface area (Å²) in [4.78, 5) is 12.9. The number of amides is 1. The van der Waals surface area contributed by atoms with Crippen LogP contribution in [-0.2, 0) is 9.53 Å². The van der Waals surface area contributed by atoms with Gasteiger partial charge in [0.05, 0.1) is 19.8 Å². The van der Waals surface area contributed by atoms with Crippen molar-refractivity contribution in [3.63, 3.8) is 0 Å². The van der Waals surface area contributed by atoms with Crippen molar-refractivity contribution in [2.45, 2.75) is 0 Å². The van der Waals surface area contributed by atoms with Crippen molar-refractivity contribution in [2.75, 3.05) is 46.9 Å². The molecule has 0 atom stereocenters. The lowest BCUT2D eigenvalue weighted by Gasteiger charge is -2.09. The molecular formula is C8H19N3O2. The minimum absolute atomic E-state index is 0.0151. The average molecular weight is 189 g/mol. The maximum atomic E-state index is 11.1. The van der Waals surface area contributed by atoms with Crippen LogP contribution in [0, 0.1) is 0 Å². The number of ether oxygens (including phenoxy) is 1. The Morgan fingerprint density at radius 3 is 2.69 bits per heavy atom. The monoisotopic (exact) mass is 189 g/mol. The first-order valence-corrected chi connectivity index (χ1v) is 4.36. The van der Waals surface area contributed by atoms with Crippen LogP contribution < -0.4 is 11.1 Å². The molecule has 0 aromatic heterocycles. The van der Waals surface area contributed by atoms with Gasteiger partial charge in [-0.3, -0.25) is 4.79 Å². The van der Waals surface area contributed by atoms with E-state index in [0.717, 1.165) is 0 Å². The molecule has 0 aromatic carbocycles. The SMILES string of the molecule is CN(C)CC(=O)NCCOCCN. The van der Waals surface area contributed by atoms with Gasteiger partial charge in [0.1, 0.15) is 0 Å². The summed E-state index contributed by atoms with van der Waals surface area (Å²) >= 11 is 0. The molecule has 0 unspecified atom stereocenters. The number of carbonyl (C=O) groups is 1. The molecule has 0 spiro atoms. The predicted octanol–water partition coefficient (Wildman–Crippen LogP) is -1.36. The summed E-state index contributed by atoms with van der Waals surface area (Å²) in [6.07, 6.45) is 0. The summed E-state index contributed by atoms with van der Waals surface area (Å²) in [6.45, 7) is 2.55. The smallest absolute Gasteiger partial charge is 0.234 e. The van der Waals surface area contributed by atoms with Gasteiger partial charge in [-0.05, 0) is 14.1 Å². The highest BCUT2D eigenvalue weighted by atomic mass is 16.5. The predicted molar refractivity (Wildman–Crippen MR) is 51.4 cm³/mol. The fourth-order valence-corrected chi connectivity index (χ4v) is 0.791. The van der Waals surface area contributed by atoms with E-state index in [4.69, 9.17) is 10.5 Å². The summed E-state index contributed by atoms with van der Waals surface area (Å²) in [5.41, 5.74) is 5.22. The zero-order valence-electron chi connectivity index (χ0n) is 8.38. The zero-order chi connectivity index (χ0) is 10.1. The maximum Gasteiger partial charge on any atom is 0.234 e. The Labute approximate surface area is 79.2 Å². The van der Waals surface area contributed by atoms with Gasteiger partial charge in [-0.2, -0.15) is 0 Å². The molecule has 0 bridgehead atoms. The molecule has 0 saturated heterocycles. The first kappa shape index (κ1) is 12.3. The van der Waals surface area contributed by atoms with E-state index in [1.807, 2.05) is 19.0 Å². The lowest BCUT2D eigenvalue weighted by molar-refractivity contribution is -0.121. The van der Waals surface area contributed by atoms with Crippen LogP contribution in [0.4, 0.5) is 0 Å². The maximum absolute atomic E-state index is 11.1. The van der Waals surface area contributed by atoms with Gasteiger partial charge in [0.25, 0.3) is 0 Å². The van der Waals surface area contributed by atoms with E-state index in [0.29, 0.717) is 32.8 Å². The fourth-order valence-electron chi connectivity index (χ4n) is 0.791. The highest BCUT2D eigenvalue weighted by Crippen LogP contribution is 1.75. The molecule has 0 aliphatic heterocycles. The van der Waals surface area contributed by atoms with E-state index in [1.165, 1.54) is 0 Å². The Balaban J connectivity index is 3.17. The molecule has 0 rings (SSSR count). The van der Waals surface area contributed by atoms with Crippen LogP contribution in [-0.4, -0.2) is 57.8 Å². The zero-order valence-corrected chi connectivity index (χ0v) is 8.38. The molecule has 5 heteroatoms. The Morgan fingerprint density at radius 2 is 2.15 bits per heavy atom. The minimum Gasteiger partial charge on any atom is -0.378 e. The second kappa shape index (κ2) is 7.97. The van der Waals surface area contributed by atoms with Gasteiger partial charge in [0.2, 0.25) is 5.91 Å². The number of carbonyl (C=O) groups excluding carboxylic acids is 1. The molecule has 0 aliphatic rings. The summed E-state index contributed by atoms with van der Waals surface area (Å²) in [7, 11) is 3.70. The minimum atomic E-state index is 0.0151. The number of nitrogens with two attached hydrogens (primary N) is 1. The third-order valence-electron chi connectivity index (χ3n) is 1.29. The Morgan fingerprint density at radius 1 is 1.46 bits per heavy atom. The van der Waals surface area contributed by atoms with Gasteiger partial charge in [-0.15, -0.1) is 0 Å². The number of hydrogen-bond donors (Lipinski definition) is 2. The standard InChI is InChI=1S/C8H19N3O2/c1-11(2)7-8(12)10-4-6-13-5-3-9/h3-7,9H2,1-2H3,(H,10,12). The largest absolute Gasteiger partial charge is 0.378 e. The van der Waals surface area contributed by atoms with Gasteiger partial charge < -0.3 is 20.7 Å². The van der Waals surface area contributed by atoms with Crippen molar-refractivity contribution in [1.82, 2.24) is 10.2 Å². The van der Waals surface area contributed by atoms with Gasteiger partial charge in [0.15, 0.2) is 0 Å². The lowest BCUT2D eigenvalue weighted by atomic mass is 10.5. The van der Waals surface area contributed by atoms with Gasteiger partial charge in [0, 0.05) is 13.1 Å². The summed E-state index contributed by atoms with van der Waals surface area (Å²) < 4.78 is 5.08. The number of rotatable bonds is 7. The van der Waals surface area contributed by atoms with Crippen molar-refractivity contribution in [2.24, 2.45) is 5.73 Å². The molecule has 0 aromatic rings. The molecule has 1 amide bonds. The highest BCUT2D eigenvalue weighted by Gasteiger charge is 2.00. The number of nitrogens with zero attached hydrogens (tertiary/aromatic N) is 1. The molecule has 0 saturated carbocycles. The molecular weight excluding hydrogens is 170 g/mol. The summed E-state index contributed by atoms with van der Waals surface area (Å²) in [5.74, 6) is 0.0151.